The minimum absolute atomic E-state index is 0.0769. The highest BCUT2D eigenvalue weighted by atomic mass is 35.5. The lowest BCUT2D eigenvalue weighted by Crippen LogP contribution is -2.35. The number of rotatable bonds is 7. The lowest BCUT2D eigenvalue weighted by atomic mass is 10.2. The van der Waals surface area contributed by atoms with Crippen LogP contribution in [0.4, 0.5) is 5.69 Å². The van der Waals surface area contributed by atoms with Crippen molar-refractivity contribution in [1.82, 2.24) is 9.78 Å². The molecule has 1 amide bonds. The van der Waals surface area contributed by atoms with E-state index >= 15 is 0 Å². The van der Waals surface area contributed by atoms with Crippen LogP contribution in [0.25, 0.3) is 0 Å². The molecule has 0 atom stereocenters. The van der Waals surface area contributed by atoms with Gasteiger partial charge >= 0.3 is 5.97 Å². The second-order valence-electron chi connectivity index (χ2n) is 6.55. The largest absolute Gasteiger partial charge is 0.452 e. The zero-order valence-electron chi connectivity index (χ0n) is 16.6. The maximum Gasteiger partial charge on any atom is 0.343 e. The molecule has 1 aromatic heterocycles. The van der Waals surface area contributed by atoms with E-state index in [9.17, 15) is 9.59 Å². The Balaban J connectivity index is 1.72. The standard InChI is InChI=1S/C22H18Cl2N4O3/c1-15-20(21(24)28(26-15)13-16-7-5-6-10-18(16)23)22(30)31-14-19(29)27(12-11-25)17-8-3-2-4-9-17/h2-10H,12-14H2,1H3. The number of carbonyl (C=O) groups is 2. The number of aryl methyl sites for hydroxylation is 1. The molecule has 0 fully saturated rings. The molecule has 0 saturated heterocycles. The first kappa shape index (κ1) is 22.3. The third kappa shape index (κ3) is 5.23. The molecule has 2 aromatic carbocycles. The minimum Gasteiger partial charge on any atom is -0.452 e. The summed E-state index contributed by atoms with van der Waals surface area (Å²) in [5.41, 5.74) is 1.77. The van der Waals surface area contributed by atoms with Crippen LogP contribution in [0.3, 0.4) is 0 Å². The highest BCUT2D eigenvalue weighted by Gasteiger charge is 2.24. The molecule has 7 nitrogen and oxygen atoms in total. The van der Waals surface area contributed by atoms with Gasteiger partial charge in [0.05, 0.1) is 18.3 Å². The number of amides is 1. The maximum absolute atomic E-state index is 12.6. The second-order valence-corrected chi connectivity index (χ2v) is 7.32. The zero-order valence-corrected chi connectivity index (χ0v) is 18.1. The van der Waals surface area contributed by atoms with Crippen molar-refractivity contribution in [2.24, 2.45) is 0 Å². The number of para-hydroxylation sites is 1. The average molecular weight is 457 g/mol. The average Bonchev–Trinajstić information content (AvgIpc) is 3.05. The summed E-state index contributed by atoms with van der Waals surface area (Å²) in [5.74, 6) is -1.30. The number of benzene rings is 2. The van der Waals surface area contributed by atoms with E-state index in [4.69, 9.17) is 33.2 Å². The molecule has 3 aromatic rings. The number of nitrogens with zero attached hydrogens (tertiary/aromatic N) is 4. The van der Waals surface area contributed by atoms with Crippen molar-refractivity contribution in [3.05, 3.63) is 81.6 Å². The number of hydrogen-bond acceptors (Lipinski definition) is 5. The predicted octanol–water partition coefficient (Wildman–Crippen LogP) is 4.26. The molecule has 0 saturated carbocycles. The smallest absolute Gasteiger partial charge is 0.343 e. The molecule has 0 aliphatic carbocycles. The first-order valence-electron chi connectivity index (χ1n) is 9.28. The lowest BCUT2D eigenvalue weighted by Gasteiger charge is -2.19. The van der Waals surface area contributed by atoms with E-state index in [2.05, 4.69) is 5.10 Å². The molecule has 0 aliphatic heterocycles. The van der Waals surface area contributed by atoms with Crippen LogP contribution >= 0.6 is 23.2 Å². The van der Waals surface area contributed by atoms with E-state index < -0.39 is 18.5 Å². The van der Waals surface area contributed by atoms with Crippen molar-refractivity contribution in [3.63, 3.8) is 0 Å². The van der Waals surface area contributed by atoms with Crippen LogP contribution in [0.5, 0.6) is 0 Å². The van der Waals surface area contributed by atoms with Gasteiger partial charge in [-0.05, 0) is 30.7 Å². The Morgan fingerprint density at radius 2 is 1.81 bits per heavy atom. The van der Waals surface area contributed by atoms with Crippen molar-refractivity contribution in [3.8, 4) is 6.07 Å². The van der Waals surface area contributed by atoms with Gasteiger partial charge in [0.25, 0.3) is 5.91 Å². The third-order valence-corrected chi connectivity index (χ3v) is 5.22. The van der Waals surface area contributed by atoms with Gasteiger partial charge in [-0.25, -0.2) is 9.48 Å². The molecular formula is C22H18Cl2N4O3. The van der Waals surface area contributed by atoms with Gasteiger partial charge < -0.3 is 4.74 Å². The van der Waals surface area contributed by atoms with Crippen molar-refractivity contribution in [1.29, 1.82) is 5.26 Å². The number of nitriles is 1. The number of anilines is 1. The maximum atomic E-state index is 12.6. The lowest BCUT2D eigenvalue weighted by molar-refractivity contribution is -0.121. The van der Waals surface area contributed by atoms with Crippen molar-refractivity contribution >= 4 is 40.8 Å². The van der Waals surface area contributed by atoms with Gasteiger partial charge in [-0.15, -0.1) is 0 Å². The number of aromatic nitrogens is 2. The summed E-state index contributed by atoms with van der Waals surface area (Å²) in [6.45, 7) is 1.19. The molecule has 1 heterocycles. The highest BCUT2D eigenvalue weighted by Crippen LogP contribution is 2.24. The summed E-state index contributed by atoms with van der Waals surface area (Å²) in [6, 6.07) is 17.8. The van der Waals surface area contributed by atoms with Crippen molar-refractivity contribution in [2.75, 3.05) is 18.1 Å². The summed E-state index contributed by atoms with van der Waals surface area (Å²) in [7, 11) is 0. The summed E-state index contributed by atoms with van der Waals surface area (Å²) >= 11 is 12.6. The number of esters is 1. The Hall–Kier alpha value is -3.34. The highest BCUT2D eigenvalue weighted by molar-refractivity contribution is 6.33. The first-order chi connectivity index (χ1) is 14.9. The van der Waals surface area contributed by atoms with Gasteiger partial charge in [-0.1, -0.05) is 59.6 Å². The van der Waals surface area contributed by atoms with Crippen LogP contribution in [-0.2, 0) is 16.1 Å². The number of hydrogen-bond donors (Lipinski definition) is 0. The number of halogens is 2. The summed E-state index contributed by atoms with van der Waals surface area (Å²) in [4.78, 5) is 26.4. The van der Waals surface area contributed by atoms with Crippen molar-refractivity contribution in [2.45, 2.75) is 13.5 Å². The van der Waals surface area contributed by atoms with E-state index in [1.807, 2.05) is 24.3 Å². The van der Waals surface area contributed by atoms with Crippen LogP contribution in [0.1, 0.15) is 21.6 Å². The van der Waals surface area contributed by atoms with E-state index in [0.717, 1.165) is 5.56 Å². The van der Waals surface area contributed by atoms with Gasteiger partial charge in [0, 0.05) is 10.7 Å². The molecule has 0 unspecified atom stereocenters. The zero-order chi connectivity index (χ0) is 22.4. The van der Waals surface area contributed by atoms with Gasteiger partial charge in [-0.3, -0.25) is 9.69 Å². The van der Waals surface area contributed by atoms with Crippen LogP contribution in [0.15, 0.2) is 54.6 Å². The van der Waals surface area contributed by atoms with Crippen LogP contribution in [0, 0.1) is 18.3 Å². The summed E-state index contributed by atoms with van der Waals surface area (Å²) < 4.78 is 6.63. The fraction of sp³-hybridized carbons (Fsp3) is 0.182. The predicted molar refractivity (Wildman–Crippen MR) is 117 cm³/mol. The Kier molecular flexibility index (Phi) is 7.29. The molecule has 0 radical (unpaired) electrons. The molecule has 0 spiro atoms. The molecule has 9 heteroatoms. The number of carbonyl (C=O) groups excluding carboxylic acids is 2. The third-order valence-electron chi connectivity index (χ3n) is 4.47. The topological polar surface area (TPSA) is 88.2 Å². The Morgan fingerprint density at radius 1 is 1.13 bits per heavy atom. The van der Waals surface area contributed by atoms with E-state index in [1.54, 1.807) is 43.3 Å². The van der Waals surface area contributed by atoms with Gasteiger partial charge in [0.2, 0.25) is 0 Å². The number of ether oxygens (including phenoxy) is 1. The molecule has 158 valence electrons. The van der Waals surface area contributed by atoms with Gasteiger partial charge in [0.1, 0.15) is 17.3 Å². The van der Waals surface area contributed by atoms with Crippen molar-refractivity contribution < 1.29 is 14.3 Å². The van der Waals surface area contributed by atoms with E-state index in [1.165, 1.54) is 9.58 Å². The SMILES string of the molecule is Cc1nn(Cc2ccccc2Cl)c(Cl)c1C(=O)OCC(=O)N(CC#N)c1ccccc1. The molecular weight excluding hydrogens is 439 g/mol. The quantitative estimate of drug-likeness (QED) is 0.391. The second kappa shape index (κ2) is 10.1. The van der Waals surface area contributed by atoms with Crippen LogP contribution in [0.2, 0.25) is 10.2 Å². The normalized spacial score (nSPS) is 10.4. The van der Waals surface area contributed by atoms with E-state index in [0.29, 0.717) is 16.4 Å². The monoisotopic (exact) mass is 456 g/mol. The van der Waals surface area contributed by atoms with Gasteiger partial charge in [-0.2, -0.15) is 10.4 Å². The molecule has 0 aliphatic rings. The Morgan fingerprint density at radius 3 is 2.48 bits per heavy atom. The molecule has 31 heavy (non-hydrogen) atoms. The fourth-order valence-electron chi connectivity index (χ4n) is 2.96. The van der Waals surface area contributed by atoms with Crippen LogP contribution in [-0.4, -0.2) is 34.8 Å². The summed E-state index contributed by atoms with van der Waals surface area (Å²) in [6.07, 6.45) is 0. The van der Waals surface area contributed by atoms with Crippen LogP contribution < -0.4 is 4.90 Å². The minimum atomic E-state index is -0.772. The molecule has 3 rings (SSSR count). The molecule has 0 bridgehead atoms. The first-order valence-corrected chi connectivity index (χ1v) is 10.0. The fourth-order valence-corrected chi connectivity index (χ4v) is 3.46. The summed E-state index contributed by atoms with van der Waals surface area (Å²) in [5, 5.41) is 14.0. The van der Waals surface area contributed by atoms with E-state index in [-0.39, 0.29) is 23.8 Å². The Labute approximate surface area is 189 Å². The Bertz CT molecular complexity index is 1140. The molecule has 0 N–H and O–H groups in total. The van der Waals surface area contributed by atoms with Gasteiger partial charge in [0.15, 0.2) is 6.61 Å².